The predicted molar refractivity (Wildman–Crippen MR) is 135 cm³/mol. The SMILES string of the molecule is CCOC(CCn1cc(C(C)SSC(C)c2cn(CCC(OCC)OCC)nn2)nn1)OCC. The lowest BCUT2D eigenvalue weighted by Crippen LogP contribution is -2.19. The Kier molecular flexibility index (Phi) is 14.1. The number of aromatic nitrogens is 6. The standard InChI is InChI=1S/C22H40N6O4S2/c1-7-29-21(30-8-2)11-13-27-15-19(23-25-27)17(5)33-34-18(6)20-16-28(26-24-20)14-12-22(31-9-3)32-10-4/h15-18,21-22H,7-14H2,1-6H3. The first-order valence-electron chi connectivity index (χ1n) is 12.1. The quantitative estimate of drug-likeness (QED) is 0.194. The second-order valence-corrected chi connectivity index (χ2v) is 10.5. The number of nitrogens with zero attached hydrogens (tertiary/aromatic N) is 6. The number of hydrogen-bond acceptors (Lipinski definition) is 10. The summed E-state index contributed by atoms with van der Waals surface area (Å²) in [4.78, 5) is 0. The lowest BCUT2D eigenvalue weighted by atomic mass is 10.3. The van der Waals surface area contributed by atoms with Gasteiger partial charge in [-0.3, -0.25) is 9.36 Å². The van der Waals surface area contributed by atoms with Crippen LogP contribution in [0.3, 0.4) is 0 Å². The molecular formula is C22H40N6O4S2. The Labute approximate surface area is 211 Å². The molecule has 0 saturated carbocycles. The van der Waals surface area contributed by atoms with Crippen LogP contribution < -0.4 is 0 Å². The third kappa shape index (κ3) is 10.2. The van der Waals surface area contributed by atoms with E-state index in [1.807, 2.05) is 49.5 Å². The highest BCUT2D eigenvalue weighted by molar-refractivity contribution is 8.76. The zero-order valence-corrected chi connectivity index (χ0v) is 22.9. The van der Waals surface area contributed by atoms with Crippen LogP contribution in [0, 0.1) is 0 Å². The number of rotatable bonds is 19. The van der Waals surface area contributed by atoms with Crippen LogP contribution >= 0.6 is 21.6 Å². The molecule has 2 aromatic rings. The Hall–Kier alpha value is -1.18. The van der Waals surface area contributed by atoms with E-state index in [-0.39, 0.29) is 23.1 Å². The molecule has 2 aromatic heterocycles. The van der Waals surface area contributed by atoms with E-state index in [0.717, 1.165) is 24.2 Å². The molecule has 0 saturated heterocycles. The van der Waals surface area contributed by atoms with Crippen molar-refractivity contribution in [3.05, 3.63) is 23.8 Å². The summed E-state index contributed by atoms with van der Waals surface area (Å²) >= 11 is 0. The van der Waals surface area contributed by atoms with Gasteiger partial charge in [0.15, 0.2) is 12.6 Å². The van der Waals surface area contributed by atoms with Crippen molar-refractivity contribution in [3.8, 4) is 0 Å². The molecule has 0 fully saturated rings. The molecule has 34 heavy (non-hydrogen) atoms. The minimum absolute atomic E-state index is 0.198. The van der Waals surface area contributed by atoms with Crippen molar-refractivity contribution >= 4 is 21.6 Å². The van der Waals surface area contributed by atoms with E-state index in [2.05, 4.69) is 34.5 Å². The van der Waals surface area contributed by atoms with E-state index in [9.17, 15) is 0 Å². The molecule has 2 atom stereocenters. The number of hydrogen-bond donors (Lipinski definition) is 0. The van der Waals surface area contributed by atoms with Gasteiger partial charge in [0, 0.05) is 64.8 Å². The molecule has 2 unspecified atom stereocenters. The summed E-state index contributed by atoms with van der Waals surface area (Å²) in [5.74, 6) is 0. The minimum atomic E-state index is -0.205. The molecule has 2 rings (SSSR count). The third-order valence-corrected chi connectivity index (χ3v) is 8.12. The van der Waals surface area contributed by atoms with Crippen LogP contribution in [0.15, 0.2) is 12.4 Å². The molecule has 0 amide bonds. The molecule has 0 bridgehead atoms. The Morgan fingerprint density at radius 2 is 1.03 bits per heavy atom. The van der Waals surface area contributed by atoms with Crippen LogP contribution in [-0.2, 0) is 32.0 Å². The first kappa shape index (κ1) is 29.1. The van der Waals surface area contributed by atoms with Crippen molar-refractivity contribution in [1.29, 1.82) is 0 Å². The molecule has 0 aliphatic rings. The Balaban J connectivity index is 1.78. The minimum Gasteiger partial charge on any atom is -0.353 e. The summed E-state index contributed by atoms with van der Waals surface area (Å²) < 4.78 is 26.1. The maximum absolute atomic E-state index is 5.60. The zero-order valence-electron chi connectivity index (χ0n) is 21.3. The lowest BCUT2D eigenvalue weighted by Gasteiger charge is -2.16. The van der Waals surface area contributed by atoms with Gasteiger partial charge in [-0.2, -0.15) is 0 Å². The van der Waals surface area contributed by atoms with Crippen molar-refractivity contribution < 1.29 is 18.9 Å². The number of ether oxygens (including phenoxy) is 4. The van der Waals surface area contributed by atoms with Gasteiger partial charge in [0.2, 0.25) is 0 Å². The Bertz CT molecular complexity index is 717. The fourth-order valence-corrected chi connectivity index (χ4v) is 5.47. The van der Waals surface area contributed by atoms with Gasteiger partial charge < -0.3 is 18.9 Å². The molecule has 0 aliphatic heterocycles. The predicted octanol–water partition coefficient (Wildman–Crippen LogP) is 4.65. The molecule has 10 nitrogen and oxygen atoms in total. The second-order valence-electron chi connectivity index (χ2n) is 7.55. The van der Waals surface area contributed by atoms with Gasteiger partial charge in [0.1, 0.15) is 0 Å². The van der Waals surface area contributed by atoms with Gasteiger partial charge >= 0.3 is 0 Å². The second kappa shape index (κ2) is 16.5. The summed E-state index contributed by atoms with van der Waals surface area (Å²) in [5, 5.41) is 17.6. The average Bonchev–Trinajstić information content (AvgIpc) is 3.50. The van der Waals surface area contributed by atoms with Gasteiger partial charge in [0.25, 0.3) is 0 Å². The molecule has 0 aromatic carbocycles. The van der Waals surface area contributed by atoms with E-state index in [1.165, 1.54) is 0 Å². The van der Waals surface area contributed by atoms with Gasteiger partial charge in [-0.25, -0.2) is 0 Å². The van der Waals surface area contributed by atoms with Crippen LogP contribution in [0.2, 0.25) is 0 Å². The molecule has 194 valence electrons. The zero-order chi connectivity index (χ0) is 24.8. The van der Waals surface area contributed by atoms with E-state index >= 15 is 0 Å². The van der Waals surface area contributed by atoms with E-state index in [4.69, 9.17) is 18.9 Å². The van der Waals surface area contributed by atoms with Crippen LogP contribution in [0.25, 0.3) is 0 Å². The fourth-order valence-electron chi connectivity index (χ4n) is 3.13. The first-order chi connectivity index (χ1) is 16.5. The normalized spacial score (nSPS) is 13.8. The third-order valence-electron chi connectivity index (χ3n) is 4.89. The average molecular weight is 517 g/mol. The van der Waals surface area contributed by atoms with E-state index < -0.39 is 0 Å². The highest BCUT2D eigenvalue weighted by Crippen LogP contribution is 2.44. The highest BCUT2D eigenvalue weighted by atomic mass is 33.1. The Morgan fingerprint density at radius 3 is 1.35 bits per heavy atom. The van der Waals surface area contributed by atoms with Crippen molar-refractivity contribution in [3.63, 3.8) is 0 Å². The lowest BCUT2D eigenvalue weighted by molar-refractivity contribution is -0.141. The Morgan fingerprint density at radius 1 is 0.676 bits per heavy atom. The van der Waals surface area contributed by atoms with Crippen molar-refractivity contribution in [1.82, 2.24) is 30.0 Å². The maximum atomic E-state index is 5.60. The summed E-state index contributed by atoms with van der Waals surface area (Å²) in [7, 11) is 3.52. The molecular weight excluding hydrogens is 476 g/mol. The molecule has 0 aliphatic carbocycles. The fraction of sp³-hybridized carbons (Fsp3) is 0.818. The topological polar surface area (TPSA) is 98.3 Å². The molecule has 0 radical (unpaired) electrons. The van der Waals surface area contributed by atoms with Gasteiger partial charge in [0.05, 0.1) is 21.9 Å². The maximum Gasteiger partial charge on any atom is 0.159 e. The largest absolute Gasteiger partial charge is 0.353 e. The summed E-state index contributed by atoms with van der Waals surface area (Å²) in [5.41, 5.74) is 1.91. The van der Waals surface area contributed by atoms with Crippen molar-refractivity contribution in [2.75, 3.05) is 26.4 Å². The summed E-state index contributed by atoms with van der Waals surface area (Å²) in [6, 6.07) is 0. The van der Waals surface area contributed by atoms with Crippen LogP contribution in [0.4, 0.5) is 0 Å². The van der Waals surface area contributed by atoms with Gasteiger partial charge in [-0.15, -0.1) is 10.2 Å². The van der Waals surface area contributed by atoms with Crippen molar-refractivity contribution in [2.45, 2.75) is 90.6 Å². The van der Waals surface area contributed by atoms with Gasteiger partial charge in [-0.05, 0) is 41.5 Å². The molecule has 0 spiro atoms. The number of aryl methyl sites for hydroxylation is 2. The highest BCUT2D eigenvalue weighted by Gasteiger charge is 2.18. The molecule has 0 N–H and O–H groups in total. The summed E-state index contributed by atoms with van der Waals surface area (Å²) in [6.07, 6.45) is 5.07. The van der Waals surface area contributed by atoms with Crippen LogP contribution in [-0.4, -0.2) is 69.0 Å². The van der Waals surface area contributed by atoms with Gasteiger partial charge in [-0.1, -0.05) is 32.0 Å². The van der Waals surface area contributed by atoms with Crippen LogP contribution in [0.1, 0.15) is 76.3 Å². The monoisotopic (exact) mass is 516 g/mol. The van der Waals surface area contributed by atoms with Crippen LogP contribution in [0.5, 0.6) is 0 Å². The summed E-state index contributed by atoms with van der Waals surface area (Å²) in [6.45, 7) is 16.1. The molecule has 12 heteroatoms. The first-order valence-corrected chi connectivity index (χ1v) is 14.4. The van der Waals surface area contributed by atoms with Crippen molar-refractivity contribution in [2.24, 2.45) is 0 Å². The smallest absolute Gasteiger partial charge is 0.159 e. The van der Waals surface area contributed by atoms with E-state index in [1.54, 1.807) is 21.6 Å². The van der Waals surface area contributed by atoms with E-state index in [0.29, 0.717) is 39.5 Å². The molecule has 2 heterocycles.